The number of carbonyl (C=O) groups excluding carboxylic acids is 1. The second kappa shape index (κ2) is 5.57. The molecule has 1 saturated heterocycles. The number of amides is 2. The minimum atomic E-state index is 0.0101. The van der Waals surface area contributed by atoms with Crippen LogP contribution >= 0.6 is 0 Å². The number of benzene rings is 1. The molecular formula is C13H18N2O2. The van der Waals surface area contributed by atoms with Gasteiger partial charge in [-0.2, -0.15) is 0 Å². The zero-order chi connectivity index (χ0) is 12.1. The van der Waals surface area contributed by atoms with Gasteiger partial charge in [0.05, 0.1) is 6.54 Å². The predicted octanol–water partition coefficient (Wildman–Crippen LogP) is 1.65. The molecule has 1 heterocycles. The first-order chi connectivity index (χ1) is 8.29. The summed E-state index contributed by atoms with van der Waals surface area (Å²) in [7, 11) is 0. The van der Waals surface area contributed by atoms with E-state index >= 15 is 0 Å². The number of nitrogens with zero attached hydrogens (tertiary/aromatic N) is 1. The van der Waals surface area contributed by atoms with Crippen molar-refractivity contribution in [2.24, 2.45) is 0 Å². The monoisotopic (exact) mass is 234 g/mol. The van der Waals surface area contributed by atoms with Crippen molar-refractivity contribution in [2.75, 3.05) is 26.2 Å². The topological polar surface area (TPSA) is 41.6 Å². The third-order valence-electron chi connectivity index (χ3n) is 2.88. The standard InChI is InChI=1S/C13H18N2O2/c1-2-11-4-3-5-12(10-11)17-9-8-15-7-6-14-13(15)16/h3-5,10H,2,6-9H2,1H3,(H,14,16). The lowest BCUT2D eigenvalue weighted by Gasteiger charge is -2.14. The highest BCUT2D eigenvalue weighted by Gasteiger charge is 2.18. The molecule has 4 nitrogen and oxygen atoms in total. The van der Waals surface area contributed by atoms with Crippen LogP contribution in [0, 0.1) is 0 Å². The number of rotatable bonds is 5. The highest BCUT2D eigenvalue weighted by atomic mass is 16.5. The summed E-state index contributed by atoms with van der Waals surface area (Å²) in [5.41, 5.74) is 1.27. The van der Waals surface area contributed by atoms with Gasteiger partial charge in [-0.05, 0) is 24.1 Å². The summed E-state index contributed by atoms with van der Waals surface area (Å²) >= 11 is 0. The van der Waals surface area contributed by atoms with Crippen LogP contribution in [0.4, 0.5) is 4.79 Å². The van der Waals surface area contributed by atoms with E-state index in [4.69, 9.17) is 4.74 Å². The van der Waals surface area contributed by atoms with Gasteiger partial charge in [0.15, 0.2) is 0 Å². The first-order valence-electron chi connectivity index (χ1n) is 6.04. The first-order valence-corrected chi connectivity index (χ1v) is 6.04. The van der Waals surface area contributed by atoms with Crippen molar-refractivity contribution in [1.29, 1.82) is 0 Å². The van der Waals surface area contributed by atoms with Crippen LogP contribution in [0.5, 0.6) is 5.75 Å². The van der Waals surface area contributed by atoms with Crippen LogP contribution in [0.25, 0.3) is 0 Å². The highest BCUT2D eigenvalue weighted by Crippen LogP contribution is 2.13. The SMILES string of the molecule is CCc1cccc(OCCN2CCNC2=O)c1. The Labute approximate surface area is 102 Å². The second-order valence-corrected chi connectivity index (χ2v) is 4.07. The van der Waals surface area contributed by atoms with Gasteiger partial charge in [0.1, 0.15) is 12.4 Å². The lowest BCUT2D eigenvalue weighted by atomic mass is 10.2. The molecule has 0 saturated carbocycles. The molecule has 0 atom stereocenters. The fraction of sp³-hybridized carbons (Fsp3) is 0.462. The van der Waals surface area contributed by atoms with E-state index in [2.05, 4.69) is 18.3 Å². The van der Waals surface area contributed by atoms with Crippen LogP contribution < -0.4 is 10.1 Å². The Balaban J connectivity index is 1.79. The molecular weight excluding hydrogens is 216 g/mol. The van der Waals surface area contributed by atoms with E-state index in [1.54, 1.807) is 4.90 Å². The van der Waals surface area contributed by atoms with Gasteiger partial charge in [0.25, 0.3) is 0 Å². The normalized spacial score (nSPS) is 14.9. The van der Waals surface area contributed by atoms with E-state index in [9.17, 15) is 4.79 Å². The molecule has 1 aliphatic heterocycles. The zero-order valence-electron chi connectivity index (χ0n) is 10.1. The maximum atomic E-state index is 11.3. The summed E-state index contributed by atoms with van der Waals surface area (Å²) in [4.78, 5) is 13.0. The summed E-state index contributed by atoms with van der Waals surface area (Å²) in [5, 5.41) is 2.77. The molecule has 0 radical (unpaired) electrons. The number of carbonyl (C=O) groups is 1. The molecule has 2 amide bonds. The molecule has 0 spiro atoms. The zero-order valence-corrected chi connectivity index (χ0v) is 10.1. The summed E-state index contributed by atoms with van der Waals surface area (Å²) in [6.45, 7) is 4.82. The van der Waals surface area contributed by atoms with E-state index in [0.717, 1.165) is 25.3 Å². The van der Waals surface area contributed by atoms with Gasteiger partial charge in [-0.15, -0.1) is 0 Å². The molecule has 17 heavy (non-hydrogen) atoms. The fourth-order valence-corrected chi connectivity index (χ4v) is 1.85. The molecule has 1 fully saturated rings. The van der Waals surface area contributed by atoms with Crippen LogP contribution in [-0.2, 0) is 6.42 Å². The lowest BCUT2D eigenvalue weighted by molar-refractivity contribution is 0.202. The van der Waals surface area contributed by atoms with E-state index in [1.165, 1.54) is 5.56 Å². The van der Waals surface area contributed by atoms with Gasteiger partial charge >= 0.3 is 6.03 Å². The number of nitrogens with one attached hydrogen (secondary N) is 1. The molecule has 2 rings (SSSR count). The number of hydrogen-bond donors (Lipinski definition) is 1. The smallest absolute Gasteiger partial charge is 0.317 e. The van der Waals surface area contributed by atoms with Crippen LogP contribution in [0.3, 0.4) is 0 Å². The number of hydrogen-bond acceptors (Lipinski definition) is 2. The minimum Gasteiger partial charge on any atom is -0.492 e. The van der Waals surface area contributed by atoms with Gasteiger partial charge in [0.2, 0.25) is 0 Å². The first kappa shape index (κ1) is 11.8. The Morgan fingerprint density at radius 1 is 1.47 bits per heavy atom. The van der Waals surface area contributed by atoms with Crippen molar-refractivity contribution >= 4 is 6.03 Å². The maximum Gasteiger partial charge on any atom is 0.317 e. The summed E-state index contributed by atoms with van der Waals surface area (Å²) in [6, 6.07) is 8.08. The van der Waals surface area contributed by atoms with Crippen LogP contribution in [-0.4, -0.2) is 37.2 Å². The number of ether oxygens (including phenoxy) is 1. The molecule has 1 aliphatic rings. The lowest BCUT2D eigenvalue weighted by Crippen LogP contribution is -2.31. The van der Waals surface area contributed by atoms with Gasteiger partial charge < -0.3 is 15.0 Å². The molecule has 1 aromatic rings. The predicted molar refractivity (Wildman–Crippen MR) is 66.3 cm³/mol. The summed E-state index contributed by atoms with van der Waals surface area (Å²) in [5.74, 6) is 0.879. The summed E-state index contributed by atoms with van der Waals surface area (Å²) in [6.07, 6.45) is 1.01. The molecule has 4 heteroatoms. The quantitative estimate of drug-likeness (QED) is 0.841. The van der Waals surface area contributed by atoms with Crippen molar-refractivity contribution in [3.63, 3.8) is 0 Å². The van der Waals surface area contributed by atoms with Crippen LogP contribution in [0.2, 0.25) is 0 Å². The van der Waals surface area contributed by atoms with Crippen molar-refractivity contribution in [1.82, 2.24) is 10.2 Å². The number of urea groups is 1. The average molecular weight is 234 g/mol. The summed E-state index contributed by atoms with van der Waals surface area (Å²) < 4.78 is 5.64. The Bertz CT molecular complexity index is 393. The molecule has 1 aromatic carbocycles. The van der Waals surface area contributed by atoms with E-state index in [-0.39, 0.29) is 6.03 Å². The Hall–Kier alpha value is -1.71. The molecule has 92 valence electrons. The van der Waals surface area contributed by atoms with Crippen LogP contribution in [0.15, 0.2) is 24.3 Å². The van der Waals surface area contributed by atoms with Gasteiger partial charge in [-0.1, -0.05) is 19.1 Å². The fourth-order valence-electron chi connectivity index (χ4n) is 1.85. The van der Waals surface area contributed by atoms with E-state index in [0.29, 0.717) is 13.2 Å². The molecule has 0 aromatic heterocycles. The third-order valence-corrected chi connectivity index (χ3v) is 2.88. The van der Waals surface area contributed by atoms with Crippen LogP contribution in [0.1, 0.15) is 12.5 Å². The minimum absolute atomic E-state index is 0.0101. The Kier molecular flexibility index (Phi) is 3.85. The van der Waals surface area contributed by atoms with Gasteiger partial charge in [-0.25, -0.2) is 4.79 Å². The Morgan fingerprint density at radius 2 is 2.35 bits per heavy atom. The van der Waals surface area contributed by atoms with Gasteiger partial charge in [-0.3, -0.25) is 0 Å². The van der Waals surface area contributed by atoms with Crippen molar-refractivity contribution < 1.29 is 9.53 Å². The number of aryl methyl sites for hydroxylation is 1. The molecule has 0 unspecified atom stereocenters. The van der Waals surface area contributed by atoms with Crippen molar-refractivity contribution in [3.8, 4) is 5.75 Å². The Morgan fingerprint density at radius 3 is 3.06 bits per heavy atom. The molecule has 0 bridgehead atoms. The molecule has 0 aliphatic carbocycles. The van der Waals surface area contributed by atoms with E-state index < -0.39 is 0 Å². The molecule has 1 N–H and O–H groups in total. The third kappa shape index (κ3) is 3.12. The maximum absolute atomic E-state index is 11.3. The highest BCUT2D eigenvalue weighted by molar-refractivity contribution is 5.76. The van der Waals surface area contributed by atoms with E-state index in [1.807, 2.05) is 18.2 Å². The average Bonchev–Trinajstić information content (AvgIpc) is 2.76. The second-order valence-electron chi connectivity index (χ2n) is 4.07. The van der Waals surface area contributed by atoms with Gasteiger partial charge in [0, 0.05) is 13.1 Å². The van der Waals surface area contributed by atoms with Crippen molar-refractivity contribution in [2.45, 2.75) is 13.3 Å². The largest absolute Gasteiger partial charge is 0.492 e. The van der Waals surface area contributed by atoms with Crippen molar-refractivity contribution in [3.05, 3.63) is 29.8 Å².